The van der Waals surface area contributed by atoms with Gasteiger partial charge in [0, 0.05) is 11.6 Å². The van der Waals surface area contributed by atoms with Crippen LogP contribution in [-0.4, -0.2) is 5.11 Å². The molecule has 20 heavy (non-hydrogen) atoms. The second kappa shape index (κ2) is 5.91. The van der Waals surface area contributed by atoms with Crippen LogP contribution in [0.15, 0.2) is 36.4 Å². The topological polar surface area (TPSA) is 53.2 Å². The highest BCUT2D eigenvalue weighted by Crippen LogP contribution is 2.31. The third kappa shape index (κ3) is 3.08. The van der Waals surface area contributed by atoms with Gasteiger partial charge in [0.1, 0.15) is 17.3 Å². The van der Waals surface area contributed by atoms with Crippen LogP contribution in [0.25, 0.3) is 0 Å². The molecule has 0 aliphatic carbocycles. The number of benzene rings is 2. The maximum absolute atomic E-state index is 13.4. The first kappa shape index (κ1) is 14.3. The number of nitriles is 1. The Morgan fingerprint density at radius 2 is 2.05 bits per heavy atom. The van der Waals surface area contributed by atoms with Gasteiger partial charge in [-0.3, -0.25) is 0 Å². The third-order valence-corrected chi connectivity index (χ3v) is 3.02. The Hall–Kier alpha value is -2.09. The van der Waals surface area contributed by atoms with Gasteiger partial charge < -0.3 is 9.84 Å². The van der Waals surface area contributed by atoms with Gasteiger partial charge in [0.2, 0.25) is 0 Å². The van der Waals surface area contributed by atoms with E-state index in [1.165, 1.54) is 18.2 Å². The molecule has 0 aliphatic heterocycles. The first-order valence-corrected chi connectivity index (χ1v) is 6.24. The van der Waals surface area contributed by atoms with E-state index < -0.39 is 11.9 Å². The summed E-state index contributed by atoms with van der Waals surface area (Å²) in [6, 6.07) is 10.7. The van der Waals surface area contributed by atoms with Crippen molar-refractivity contribution in [3.63, 3.8) is 0 Å². The van der Waals surface area contributed by atoms with E-state index in [0.29, 0.717) is 16.9 Å². The fraction of sp³-hybridized carbons (Fsp3) is 0.133. The van der Waals surface area contributed by atoms with Crippen molar-refractivity contribution in [1.82, 2.24) is 0 Å². The average Bonchev–Trinajstić information content (AvgIpc) is 2.42. The van der Waals surface area contributed by atoms with Gasteiger partial charge in [0.05, 0.1) is 22.8 Å². The molecule has 0 heterocycles. The molecule has 3 nitrogen and oxygen atoms in total. The number of hydrogen-bond donors (Lipinski definition) is 1. The van der Waals surface area contributed by atoms with E-state index in [-0.39, 0.29) is 10.8 Å². The van der Waals surface area contributed by atoms with E-state index in [1.807, 2.05) is 6.07 Å². The van der Waals surface area contributed by atoms with Gasteiger partial charge in [0.25, 0.3) is 0 Å². The van der Waals surface area contributed by atoms with Crippen LogP contribution in [0.2, 0.25) is 5.02 Å². The van der Waals surface area contributed by atoms with Gasteiger partial charge in [-0.25, -0.2) is 4.39 Å². The Bertz CT molecular complexity index is 680. The van der Waals surface area contributed by atoms with Crippen LogP contribution in [0.4, 0.5) is 4.39 Å². The Morgan fingerprint density at radius 3 is 2.65 bits per heavy atom. The van der Waals surface area contributed by atoms with Crippen LogP contribution in [0.3, 0.4) is 0 Å². The number of aliphatic hydroxyl groups is 1. The molecule has 2 aromatic rings. The number of halogens is 2. The number of nitrogens with zero attached hydrogens (tertiary/aromatic N) is 1. The highest BCUT2D eigenvalue weighted by Gasteiger charge is 2.12. The summed E-state index contributed by atoms with van der Waals surface area (Å²) in [5.41, 5.74) is 0.901. The van der Waals surface area contributed by atoms with E-state index in [9.17, 15) is 9.50 Å². The molecule has 0 amide bonds. The Kier molecular flexibility index (Phi) is 4.23. The molecule has 0 spiro atoms. The average molecular weight is 292 g/mol. The van der Waals surface area contributed by atoms with Crippen molar-refractivity contribution in [1.29, 1.82) is 5.26 Å². The summed E-state index contributed by atoms with van der Waals surface area (Å²) in [5, 5.41) is 18.6. The molecule has 0 aliphatic rings. The molecule has 0 fully saturated rings. The molecule has 2 aromatic carbocycles. The van der Waals surface area contributed by atoms with Crippen LogP contribution in [-0.2, 0) is 0 Å². The van der Waals surface area contributed by atoms with E-state index in [4.69, 9.17) is 21.6 Å². The minimum Gasteiger partial charge on any atom is -0.457 e. The van der Waals surface area contributed by atoms with Gasteiger partial charge >= 0.3 is 0 Å². The molecule has 0 radical (unpaired) electrons. The lowest BCUT2D eigenvalue weighted by Gasteiger charge is -2.13. The Labute approximate surface area is 120 Å². The van der Waals surface area contributed by atoms with Crippen molar-refractivity contribution >= 4 is 11.6 Å². The van der Waals surface area contributed by atoms with Crippen molar-refractivity contribution in [3.8, 4) is 17.6 Å². The first-order chi connectivity index (χ1) is 9.51. The maximum Gasteiger partial charge on any atom is 0.145 e. The summed E-state index contributed by atoms with van der Waals surface area (Å²) in [5.74, 6) is -0.0520. The fourth-order valence-electron chi connectivity index (χ4n) is 1.70. The maximum atomic E-state index is 13.4. The van der Waals surface area contributed by atoms with Crippen LogP contribution < -0.4 is 4.74 Å². The molecule has 0 saturated carbocycles. The molecule has 102 valence electrons. The van der Waals surface area contributed by atoms with Crippen LogP contribution in [0, 0.1) is 17.1 Å². The van der Waals surface area contributed by atoms with Crippen molar-refractivity contribution < 1.29 is 14.2 Å². The number of aliphatic hydroxyl groups excluding tert-OH is 1. The number of ether oxygens (including phenoxy) is 1. The summed E-state index contributed by atoms with van der Waals surface area (Å²) < 4.78 is 18.9. The minimum atomic E-state index is -0.769. The molecule has 5 heteroatoms. The number of hydrogen-bond acceptors (Lipinski definition) is 3. The lowest BCUT2D eigenvalue weighted by Crippen LogP contribution is -1.97. The van der Waals surface area contributed by atoms with E-state index in [0.717, 1.165) is 6.07 Å². The Balaban J connectivity index is 2.40. The van der Waals surface area contributed by atoms with Crippen molar-refractivity contribution in [2.24, 2.45) is 0 Å². The SMILES string of the molecule is C[C@@H](O)c1ccc(C#N)cc1Oc1ccc(Cl)c(F)c1. The molecular formula is C15H11ClFNO2. The van der Waals surface area contributed by atoms with Crippen molar-refractivity contribution in [3.05, 3.63) is 58.4 Å². The summed E-state index contributed by atoms with van der Waals surface area (Å²) in [6.45, 7) is 1.58. The summed E-state index contributed by atoms with van der Waals surface area (Å²) in [6.07, 6.45) is -0.769. The zero-order chi connectivity index (χ0) is 14.7. The lowest BCUT2D eigenvalue weighted by atomic mass is 10.1. The molecule has 0 bridgehead atoms. The second-order valence-electron chi connectivity index (χ2n) is 4.22. The second-order valence-corrected chi connectivity index (χ2v) is 4.63. The predicted molar refractivity (Wildman–Crippen MR) is 73.3 cm³/mol. The molecule has 1 N–H and O–H groups in total. The van der Waals surface area contributed by atoms with Gasteiger partial charge in [-0.15, -0.1) is 0 Å². The standard InChI is InChI=1S/C15H11ClFNO2/c1-9(19)12-4-2-10(8-18)6-15(12)20-11-3-5-13(16)14(17)7-11/h2-7,9,19H,1H3/t9-/m1/s1. The van der Waals surface area contributed by atoms with Gasteiger partial charge in [-0.05, 0) is 31.2 Å². The zero-order valence-electron chi connectivity index (χ0n) is 10.6. The van der Waals surface area contributed by atoms with Gasteiger partial charge in [-0.2, -0.15) is 5.26 Å². The monoisotopic (exact) mass is 291 g/mol. The summed E-state index contributed by atoms with van der Waals surface area (Å²) in [7, 11) is 0. The fourth-order valence-corrected chi connectivity index (χ4v) is 1.82. The van der Waals surface area contributed by atoms with E-state index in [1.54, 1.807) is 19.1 Å². The van der Waals surface area contributed by atoms with Crippen LogP contribution >= 0.6 is 11.6 Å². The summed E-state index contributed by atoms with van der Waals surface area (Å²) in [4.78, 5) is 0. The molecule has 0 aromatic heterocycles. The van der Waals surface area contributed by atoms with Gasteiger partial charge in [0.15, 0.2) is 0 Å². The molecule has 0 unspecified atom stereocenters. The van der Waals surface area contributed by atoms with E-state index >= 15 is 0 Å². The largest absolute Gasteiger partial charge is 0.457 e. The molecule has 2 rings (SSSR count). The van der Waals surface area contributed by atoms with Gasteiger partial charge in [-0.1, -0.05) is 17.7 Å². The Morgan fingerprint density at radius 1 is 1.30 bits per heavy atom. The number of rotatable bonds is 3. The van der Waals surface area contributed by atoms with E-state index in [2.05, 4.69) is 0 Å². The quantitative estimate of drug-likeness (QED) is 0.922. The summed E-state index contributed by atoms with van der Waals surface area (Å²) >= 11 is 5.60. The zero-order valence-corrected chi connectivity index (χ0v) is 11.4. The van der Waals surface area contributed by atoms with Crippen LogP contribution in [0.5, 0.6) is 11.5 Å². The minimum absolute atomic E-state index is 0.00104. The molecular weight excluding hydrogens is 281 g/mol. The highest BCUT2D eigenvalue weighted by atomic mass is 35.5. The van der Waals surface area contributed by atoms with Crippen molar-refractivity contribution in [2.45, 2.75) is 13.0 Å². The molecule has 0 saturated heterocycles. The first-order valence-electron chi connectivity index (χ1n) is 5.86. The van der Waals surface area contributed by atoms with Crippen molar-refractivity contribution in [2.75, 3.05) is 0 Å². The normalized spacial score (nSPS) is 11.8. The smallest absolute Gasteiger partial charge is 0.145 e. The molecule has 1 atom stereocenters. The predicted octanol–water partition coefficient (Wildman–Crippen LogP) is 4.20. The highest BCUT2D eigenvalue weighted by molar-refractivity contribution is 6.30. The lowest BCUT2D eigenvalue weighted by molar-refractivity contribution is 0.195. The third-order valence-electron chi connectivity index (χ3n) is 2.71. The van der Waals surface area contributed by atoms with Crippen LogP contribution in [0.1, 0.15) is 24.2 Å².